The molecule has 19 heavy (non-hydrogen) atoms. The van der Waals surface area contributed by atoms with Crippen molar-refractivity contribution in [3.63, 3.8) is 0 Å². The van der Waals surface area contributed by atoms with Gasteiger partial charge in [-0.15, -0.1) is 0 Å². The van der Waals surface area contributed by atoms with Gasteiger partial charge in [-0.05, 0) is 12.5 Å². The van der Waals surface area contributed by atoms with Crippen LogP contribution in [0.15, 0.2) is 36.5 Å². The number of benzene rings is 1. The monoisotopic (exact) mass is 327 g/mol. The molecule has 1 heterocycles. The summed E-state index contributed by atoms with van der Waals surface area (Å²) in [7, 11) is 0. The standard InChI is InChI=1S/C14H12BrF2NO/c1-9(10-5-3-2-4-6-10)18-8-11(16)13(17)14(18)12(19)7-15/h2-6,8-9H,7H2,1H3/t9-/m1/s1. The van der Waals surface area contributed by atoms with Crippen LogP contribution in [0.4, 0.5) is 8.78 Å². The van der Waals surface area contributed by atoms with E-state index in [1.807, 2.05) is 30.3 Å². The van der Waals surface area contributed by atoms with Crippen molar-refractivity contribution >= 4 is 21.7 Å². The van der Waals surface area contributed by atoms with Crippen molar-refractivity contribution in [1.29, 1.82) is 0 Å². The molecule has 0 fully saturated rings. The van der Waals surface area contributed by atoms with E-state index < -0.39 is 17.4 Å². The highest BCUT2D eigenvalue weighted by atomic mass is 79.9. The lowest BCUT2D eigenvalue weighted by Crippen LogP contribution is -2.15. The van der Waals surface area contributed by atoms with Crippen LogP contribution < -0.4 is 0 Å². The number of ketones is 1. The van der Waals surface area contributed by atoms with Crippen LogP contribution in [0.5, 0.6) is 0 Å². The summed E-state index contributed by atoms with van der Waals surface area (Å²) >= 11 is 2.98. The van der Waals surface area contributed by atoms with Gasteiger partial charge in [-0.2, -0.15) is 0 Å². The fourth-order valence-corrected chi connectivity index (χ4v) is 2.26. The van der Waals surface area contributed by atoms with E-state index >= 15 is 0 Å². The fourth-order valence-electron chi connectivity index (χ4n) is 2.00. The number of hydrogen-bond acceptors (Lipinski definition) is 1. The second-order valence-corrected chi connectivity index (χ2v) is 4.75. The van der Waals surface area contributed by atoms with Crippen LogP contribution in [0.1, 0.15) is 29.0 Å². The number of halogens is 3. The highest BCUT2D eigenvalue weighted by Crippen LogP contribution is 2.25. The smallest absolute Gasteiger partial charge is 0.192 e. The van der Waals surface area contributed by atoms with Gasteiger partial charge in [-0.3, -0.25) is 4.79 Å². The van der Waals surface area contributed by atoms with E-state index in [1.54, 1.807) is 6.92 Å². The summed E-state index contributed by atoms with van der Waals surface area (Å²) in [6.07, 6.45) is 1.03. The Kier molecular flexibility index (Phi) is 4.14. The van der Waals surface area contributed by atoms with E-state index in [1.165, 1.54) is 4.57 Å². The van der Waals surface area contributed by atoms with Crippen molar-refractivity contribution in [3.8, 4) is 0 Å². The maximum Gasteiger partial charge on any atom is 0.192 e. The van der Waals surface area contributed by atoms with E-state index in [0.29, 0.717) is 0 Å². The highest BCUT2D eigenvalue weighted by molar-refractivity contribution is 9.09. The molecule has 0 aliphatic carbocycles. The maximum atomic E-state index is 13.7. The van der Waals surface area contributed by atoms with Crippen LogP contribution in [-0.4, -0.2) is 15.7 Å². The Morgan fingerprint density at radius 1 is 1.32 bits per heavy atom. The Bertz CT molecular complexity index is 595. The second kappa shape index (κ2) is 5.65. The molecule has 100 valence electrons. The molecule has 2 rings (SSSR count). The van der Waals surface area contributed by atoms with Gasteiger partial charge >= 0.3 is 0 Å². The van der Waals surface area contributed by atoms with E-state index in [4.69, 9.17) is 0 Å². The number of hydrogen-bond donors (Lipinski definition) is 0. The van der Waals surface area contributed by atoms with Gasteiger partial charge in [0.05, 0.1) is 11.4 Å². The van der Waals surface area contributed by atoms with Gasteiger partial charge in [-0.1, -0.05) is 46.3 Å². The Labute approximate surface area is 118 Å². The molecule has 1 aromatic heterocycles. The van der Waals surface area contributed by atoms with Crippen molar-refractivity contribution in [1.82, 2.24) is 4.57 Å². The van der Waals surface area contributed by atoms with E-state index in [-0.39, 0.29) is 17.1 Å². The first-order chi connectivity index (χ1) is 9.06. The predicted molar refractivity (Wildman–Crippen MR) is 72.7 cm³/mol. The summed E-state index contributed by atoms with van der Waals surface area (Å²) in [5.41, 5.74) is 0.645. The molecule has 0 aliphatic rings. The summed E-state index contributed by atoms with van der Waals surface area (Å²) in [5.74, 6) is -2.58. The zero-order valence-corrected chi connectivity index (χ0v) is 11.8. The van der Waals surface area contributed by atoms with Crippen LogP contribution in [-0.2, 0) is 0 Å². The number of carbonyl (C=O) groups excluding carboxylic acids is 1. The van der Waals surface area contributed by atoms with Crippen molar-refractivity contribution in [2.24, 2.45) is 0 Å². The van der Waals surface area contributed by atoms with E-state index in [2.05, 4.69) is 15.9 Å². The zero-order valence-electron chi connectivity index (χ0n) is 10.2. The van der Waals surface area contributed by atoms with Crippen molar-refractivity contribution in [2.45, 2.75) is 13.0 Å². The molecule has 0 aliphatic heterocycles. The van der Waals surface area contributed by atoms with Crippen molar-refractivity contribution in [2.75, 3.05) is 5.33 Å². The Balaban J connectivity index is 2.51. The minimum atomic E-state index is -1.09. The Morgan fingerprint density at radius 2 is 1.95 bits per heavy atom. The summed E-state index contributed by atoms with van der Waals surface area (Å²) in [4.78, 5) is 11.7. The third kappa shape index (κ3) is 2.61. The number of Topliss-reactive ketones (excluding diaryl/α,β-unsaturated/α-hetero) is 1. The van der Waals surface area contributed by atoms with Gasteiger partial charge in [0.2, 0.25) is 0 Å². The first-order valence-corrected chi connectivity index (χ1v) is 6.88. The maximum absolute atomic E-state index is 13.7. The number of carbonyl (C=O) groups is 1. The van der Waals surface area contributed by atoms with Crippen LogP contribution in [0.2, 0.25) is 0 Å². The molecule has 0 unspecified atom stereocenters. The van der Waals surface area contributed by atoms with Gasteiger partial charge in [0, 0.05) is 6.20 Å². The molecule has 2 aromatic rings. The normalized spacial score (nSPS) is 12.4. The molecular weight excluding hydrogens is 316 g/mol. The SMILES string of the molecule is C[C@H](c1ccccc1)n1cc(F)c(F)c1C(=O)CBr. The molecule has 5 heteroatoms. The predicted octanol–water partition coefficient (Wildman–Crippen LogP) is 3.95. The lowest BCUT2D eigenvalue weighted by molar-refractivity contribution is 0.100. The number of rotatable bonds is 4. The second-order valence-electron chi connectivity index (χ2n) is 4.19. The minimum absolute atomic E-state index is 0.0467. The van der Waals surface area contributed by atoms with Crippen LogP contribution in [0, 0.1) is 11.6 Å². The zero-order chi connectivity index (χ0) is 14.0. The molecule has 0 saturated heterocycles. The lowest BCUT2D eigenvalue weighted by Gasteiger charge is -2.16. The highest BCUT2D eigenvalue weighted by Gasteiger charge is 2.24. The van der Waals surface area contributed by atoms with E-state index in [0.717, 1.165) is 11.8 Å². The Morgan fingerprint density at radius 3 is 2.53 bits per heavy atom. The number of alkyl halides is 1. The van der Waals surface area contributed by atoms with E-state index in [9.17, 15) is 13.6 Å². The summed E-state index contributed by atoms with van der Waals surface area (Å²) in [6, 6.07) is 8.92. The third-order valence-electron chi connectivity index (χ3n) is 3.01. The first-order valence-electron chi connectivity index (χ1n) is 5.76. The molecule has 0 N–H and O–H groups in total. The quantitative estimate of drug-likeness (QED) is 0.615. The minimum Gasteiger partial charge on any atom is -0.332 e. The van der Waals surface area contributed by atoms with Crippen LogP contribution in [0.3, 0.4) is 0 Å². The molecule has 0 radical (unpaired) electrons. The van der Waals surface area contributed by atoms with Gasteiger partial charge < -0.3 is 4.57 Å². The van der Waals surface area contributed by atoms with Crippen LogP contribution in [0.25, 0.3) is 0 Å². The molecule has 0 saturated carbocycles. The summed E-state index contributed by atoms with van der Waals surface area (Å²) in [5, 5.41) is -0.0467. The van der Waals surface area contributed by atoms with Gasteiger partial charge in [0.25, 0.3) is 0 Å². The fraction of sp³-hybridized carbons (Fsp3) is 0.214. The van der Waals surface area contributed by atoms with Crippen molar-refractivity contribution in [3.05, 3.63) is 59.4 Å². The molecule has 2 nitrogen and oxygen atoms in total. The summed E-state index contributed by atoms with van der Waals surface area (Å²) in [6.45, 7) is 1.79. The Hall–Kier alpha value is -1.49. The van der Waals surface area contributed by atoms with Crippen molar-refractivity contribution < 1.29 is 13.6 Å². The lowest BCUT2D eigenvalue weighted by atomic mass is 10.1. The average Bonchev–Trinajstić information content (AvgIpc) is 2.74. The number of aromatic nitrogens is 1. The van der Waals surface area contributed by atoms with Crippen LogP contribution >= 0.6 is 15.9 Å². The first kappa shape index (κ1) is 13.9. The molecule has 0 bridgehead atoms. The summed E-state index contributed by atoms with van der Waals surface area (Å²) < 4.78 is 28.4. The van der Waals surface area contributed by atoms with Gasteiger partial charge in [0.1, 0.15) is 5.69 Å². The molecular formula is C14H12BrF2NO. The number of nitrogens with zero attached hydrogens (tertiary/aromatic N) is 1. The largest absolute Gasteiger partial charge is 0.332 e. The molecule has 1 atom stereocenters. The molecule has 1 aromatic carbocycles. The molecule has 0 spiro atoms. The van der Waals surface area contributed by atoms with Gasteiger partial charge in [0.15, 0.2) is 17.4 Å². The molecule has 0 amide bonds. The van der Waals surface area contributed by atoms with Gasteiger partial charge in [-0.25, -0.2) is 8.78 Å². The third-order valence-corrected chi connectivity index (χ3v) is 3.52. The average molecular weight is 328 g/mol. The topological polar surface area (TPSA) is 22.0 Å².